The Labute approximate surface area is 105 Å². The lowest BCUT2D eigenvalue weighted by Crippen LogP contribution is -2.57. The third-order valence-electron chi connectivity index (χ3n) is 2.53. The lowest BCUT2D eigenvalue weighted by molar-refractivity contribution is -0.162. The highest BCUT2D eigenvalue weighted by molar-refractivity contribution is 6.04. The minimum Gasteiger partial charge on any atom is -0.481 e. The van der Waals surface area contributed by atoms with Crippen molar-refractivity contribution in [1.29, 1.82) is 0 Å². The van der Waals surface area contributed by atoms with Crippen LogP contribution in [-0.2, 0) is 19.1 Å². The normalized spacial score (nSPS) is 15.5. The fraction of sp³-hybridized carbons (Fsp3) is 0.727. The number of ether oxygens (including phenoxy) is 1. The van der Waals surface area contributed by atoms with Crippen LogP contribution in [0.25, 0.3) is 0 Å². The summed E-state index contributed by atoms with van der Waals surface area (Å²) in [6.45, 7) is 3.24. The molecule has 0 radical (unpaired) electrons. The van der Waals surface area contributed by atoms with E-state index in [1.54, 1.807) is 0 Å². The number of nitrogens with two attached hydrogens (primary N) is 1. The van der Waals surface area contributed by atoms with Gasteiger partial charge in [-0.1, -0.05) is 20.3 Å². The fourth-order valence-corrected chi connectivity index (χ4v) is 1.27. The van der Waals surface area contributed by atoms with E-state index in [-0.39, 0.29) is 6.61 Å². The van der Waals surface area contributed by atoms with Crippen molar-refractivity contribution < 1.29 is 29.3 Å². The van der Waals surface area contributed by atoms with Gasteiger partial charge in [0.2, 0.25) is 5.54 Å². The summed E-state index contributed by atoms with van der Waals surface area (Å²) < 4.78 is 4.75. The highest BCUT2D eigenvalue weighted by Crippen LogP contribution is 2.17. The van der Waals surface area contributed by atoms with E-state index in [0.29, 0.717) is 6.42 Å². The second-order valence-electron chi connectivity index (χ2n) is 4.21. The summed E-state index contributed by atoms with van der Waals surface area (Å²) in [5, 5.41) is 17.7. The van der Waals surface area contributed by atoms with Gasteiger partial charge >= 0.3 is 17.9 Å². The number of esters is 1. The van der Waals surface area contributed by atoms with Crippen molar-refractivity contribution in [1.82, 2.24) is 0 Å². The number of carboxylic acids is 2. The quantitative estimate of drug-likeness (QED) is 0.324. The van der Waals surface area contributed by atoms with Crippen LogP contribution in [0.5, 0.6) is 0 Å². The van der Waals surface area contributed by atoms with Crippen LogP contribution in [0.2, 0.25) is 0 Å². The molecule has 0 saturated heterocycles. The van der Waals surface area contributed by atoms with Crippen LogP contribution in [0, 0.1) is 5.92 Å². The Morgan fingerprint density at radius 2 is 1.89 bits per heavy atom. The summed E-state index contributed by atoms with van der Waals surface area (Å²) in [5.74, 6) is -4.95. The van der Waals surface area contributed by atoms with Gasteiger partial charge in [0.15, 0.2) is 0 Å². The van der Waals surface area contributed by atoms with Crippen molar-refractivity contribution >= 4 is 17.9 Å². The van der Waals surface area contributed by atoms with E-state index in [4.69, 9.17) is 20.7 Å². The van der Waals surface area contributed by atoms with Crippen molar-refractivity contribution in [3.8, 4) is 0 Å². The molecule has 0 aliphatic heterocycles. The molecule has 0 amide bonds. The van der Waals surface area contributed by atoms with Gasteiger partial charge in [-0.2, -0.15) is 0 Å². The predicted molar refractivity (Wildman–Crippen MR) is 61.8 cm³/mol. The Balaban J connectivity index is 4.75. The van der Waals surface area contributed by atoms with Crippen LogP contribution >= 0.6 is 0 Å². The van der Waals surface area contributed by atoms with E-state index in [0.717, 1.165) is 6.42 Å². The lowest BCUT2D eigenvalue weighted by Gasteiger charge is -2.24. The molecule has 18 heavy (non-hydrogen) atoms. The SMILES string of the molecule is CCCCOC(=O)C(N)(CC(C)C(=O)O)C(=O)O. The number of aliphatic carboxylic acids is 2. The van der Waals surface area contributed by atoms with Crippen molar-refractivity contribution in [2.75, 3.05) is 6.61 Å². The first-order chi connectivity index (χ1) is 8.25. The molecule has 0 aromatic heterocycles. The molecule has 0 bridgehead atoms. The third-order valence-corrected chi connectivity index (χ3v) is 2.53. The highest BCUT2D eigenvalue weighted by atomic mass is 16.5. The van der Waals surface area contributed by atoms with E-state index in [2.05, 4.69) is 0 Å². The van der Waals surface area contributed by atoms with Crippen LogP contribution in [-0.4, -0.2) is 40.3 Å². The summed E-state index contributed by atoms with van der Waals surface area (Å²) in [5.41, 5.74) is 3.15. The largest absolute Gasteiger partial charge is 0.481 e. The summed E-state index contributed by atoms with van der Waals surface area (Å²) in [4.78, 5) is 33.3. The number of carbonyl (C=O) groups excluding carboxylic acids is 1. The first-order valence-corrected chi connectivity index (χ1v) is 5.68. The molecule has 0 aliphatic rings. The zero-order valence-electron chi connectivity index (χ0n) is 10.5. The Kier molecular flexibility index (Phi) is 6.32. The number of hydrogen-bond acceptors (Lipinski definition) is 5. The average molecular weight is 261 g/mol. The standard InChI is InChI=1S/C11H19NO6/c1-3-4-5-18-10(17)11(12,9(15)16)6-7(2)8(13)14/h7H,3-6,12H2,1-2H3,(H,13,14)(H,15,16). The van der Waals surface area contributed by atoms with Crippen LogP contribution in [0.3, 0.4) is 0 Å². The molecule has 4 N–H and O–H groups in total. The van der Waals surface area contributed by atoms with Crippen molar-refractivity contribution in [3.05, 3.63) is 0 Å². The maximum Gasteiger partial charge on any atom is 0.337 e. The number of hydrogen-bond donors (Lipinski definition) is 3. The molecule has 104 valence electrons. The van der Waals surface area contributed by atoms with Gasteiger partial charge in [-0.3, -0.25) is 4.79 Å². The van der Waals surface area contributed by atoms with Crippen LogP contribution < -0.4 is 5.73 Å². The molecule has 0 aromatic rings. The molecular weight excluding hydrogens is 242 g/mol. The van der Waals surface area contributed by atoms with Gasteiger partial charge in [0.05, 0.1) is 12.5 Å². The Bertz CT molecular complexity index is 329. The zero-order valence-corrected chi connectivity index (χ0v) is 10.5. The zero-order chi connectivity index (χ0) is 14.3. The summed E-state index contributed by atoms with van der Waals surface area (Å²) >= 11 is 0. The molecule has 0 aliphatic carbocycles. The van der Waals surface area contributed by atoms with Gasteiger partial charge in [0.25, 0.3) is 0 Å². The molecular formula is C11H19NO6. The molecule has 7 heteroatoms. The van der Waals surface area contributed by atoms with E-state index in [1.165, 1.54) is 6.92 Å². The Hall–Kier alpha value is -1.63. The average Bonchev–Trinajstić information content (AvgIpc) is 2.28. The smallest absolute Gasteiger partial charge is 0.337 e. The molecule has 0 saturated carbocycles. The Morgan fingerprint density at radius 1 is 1.33 bits per heavy atom. The first kappa shape index (κ1) is 16.4. The topological polar surface area (TPSA) is 127 Å². The van der Waals surface area contributed by atoms with Gasteiger partial charge in [-0.15, -0.1) is 0 Å². The molecule has 0 aromatic carbocycles. The maximum absolute atomic E-state index is 11.6. The molecule has 0 fully saturated rings. The van der Waals surface area contributed by atoms with E-state index >= 15 is 0 Å². The van der Waals surface area contributed by atoms with Gasteiger partial charge in [-0.05, 0) is 6.42 Å². The molecule has 0 spiro atoms. The molecule has 0 rings (SSSR count). The van der Waals surface area contributed by atoms with Crippen LogP contribution in [0.1, 0.15) is 33.1 Å². The molecule has 7 nitrogen and oxygen atoms in total. The first-order valence-electron chi connectivity index (χ1n) is 5.68. The van der Waals surface area contributed by atoms with Crippen molar-refractivity contribution in [2.45, 2.75) is 38.6 Å². The van der Waals surface area contributed by atoms with Crippen LogP contribution in [0.4, 0.5) is 0 Å². The fourth-order valence-electron chi connectivity index (χ4n) is 1.27. The third kappa shape index (κ3) is 4.33. The summed E-state index contributed by atoms with van der Waals surface area (Å²) in [6, 6.07) is 0. The second kappa shape index (κ2) is 6.95. The van der Waals surface area contributed by atoms with E-state index in [1.807, 2.05) is 6.92 Å². The highest BCUT2D eigenvalue weighted by Gasteiger charge is 2.46. The molecule has 2 unspecified atom stereocenters. The molecule has 2 atom stereocenters. The van der Waals surface area contributed by atoms with Gasteiger partial charge in [-0.25, -0.2) is 9.59 Å². The summed E-state index contributed by atoms with van der Waals surface area (Å²) in [7, 11) is 0. The predicted octanol–water partition coefficient (Wildman–Crippen LogP) is 0.223. The monoisotopic (exact) mass is 261 g/mol. The minimum atomic E-state index is -2.31. The van der Waals surface area contributed by atoms with E-state index < -0.39 is 35.8 Å². The maximum atomic E-state index is 11.6. The second-order valence-corrected chi connectivity index (χ2v) is 4.21. The minimum absolute atomic E-state index is 0.0724. The van der Waals surface area contributed by atoms with Gasteiger partial charge in [0, 0.05) is 6.42 Å². The van der Waals surface area contributed by atoms with Crippen molar-refractivity contribution in [3.63, 3.8) is 0 Å². The summed E-state index contributed by atoms with van der Waals surface area (Å²) in [6.07, 6.45) is 0.863. The van der Waals surface area contributed by atoms with Gasteiger partial charge in [0.1, 0.15) is 0 Å². The number of unbranched alkanes of at least 4 members (excludes halogenated alkanes) is 1. The number of carbonyl (C=O) groups is 3. The van der Waals surface area contributed by atoms with Crippen LogP contribution in [0.15, 0.2) is 0 Å². The number of rotatable bonds is 8. The lowest BCUT2D eigenvalue weighted by atomic mass is 9.89. The van der Waals surface area contributed by atoms with Gasteiger partial charge < -0.3 is 20.7 Å². The molecule has 0 heterocycles. The van der Waals surface area contributed by atoms with E-state index in [9.17, 15) is 14.4 Å². The Morgan fingerprint density at radius 3 is 2.28 bits per heavy atom. The van der Waals surface area contributed by atoms with Crippen molar-refractivity contribution in [2.24, 2.45) is 11.7 Å². The number of carboxylic acid groups (broad SMARTS) is 2.